The van der Waals surface area contributed by atoms with E-state index in [4.69, 9.17) is 37.0 Å². The molecule has 0 aliphatic rings. The number of phosphoric acid groups is 2. The van der Waals surface area contributed by atoms with Crippen molar-refractivity contribution in [3.05, 3.63) is 0 Å². The van der Waals surface area contributed by atoms with Gasteiger partial charge in [-0.25, -0.2) is 9.13 Å². The summed E-state index contributed by atoms with van der Waals surface area (Å²) in [4.78, 5) is 73.0. The number of phosphoric ester groups is 2. The molecule has 17 nitrogen and oxygen atoms in total. The normalized spacial score (nSPS) is 14.1. The molecule has 0 rings (SSSR count). The molecule has 3 N–H and O–H groups in total. The molecule has 2 unspecified atom stereocenters. The van der Waals surface area contributed by atoms with Crippen LogP contribution in [-0.2, 0) is 65.4 Å². The fourth-order valence-electron chi connectivity index (χ4n) is 12.3. The minimum absolute atomic E-state index is 0.106. The Bertz CT molecular complexity index is 1940. The Balaban J connectivity index is 5.26. The van der Waals surface area contributed by atoms with Crippen molar-refractivity contribution < 1.29 is 80.2 Å². The zero-order valence-corrected chi connectivity index (χ0v) is 66.9. The summed E-state index contributed by atoms with van der Waals surface area (Å²) in [6, 6.07) is 0. The number of rotatable bonds is 77. The number of hydrogen-bond acceptors (Lipinski definition) is 15. The molecular formula is C80H156O17P2. The molecule has 0 aromatic rings. The van der Waals surface area contributed by atoms with Gasteiger partial charge < -0.3 is 33.8 Å². The van der Waals surface area contributed by atoms with Crippen LogP contribution in [0.5, 0.6) is 0 Å². The molecule has 0 bridgehead atoms. The van der Waals surface area contributed by atoms with Crippen molar-refractivity contribution in [3.8, 4) is 0 Å². The van der Waals surface area contributed by atoms with Crippen molar-refractivity contribution in [2.75, 3.05) is 39.6 Å². The van der Waals surface area contributed by atoms with Crippen LogP contribution >= 0.6 is 15.6 Å². The van der Waals surface area contributed by atoms with E-state index in [0.717, 1.165) is 114 Å². The van der Waals surface area contributed by atoms with E-state index in [-0.39, 0.29) is 25.7 Å². The second-order valence-corrected chi connectivity index (χ2v) is 33.6. The molecular weight excluding hydrogens is 1290 g/mol. The summed E-state index contributed by atoms with van der Waals surface area (Å²) in [6.07, 6.45) is 55.4. The first-order valence-electron chi connectivity index (χ1n) is 41.2. The third kappa shape index (κ3) is 74.1. The fourth-order valence-corrected chi connectivity index (χ4v) is 13.8. The lowest BCUT2D eigenvalue weighted by molar-refractivity contribution is -0.161. The topological polar surface area (TPSA) is 237 Å². The third-order valence-corrected chi connectivity index (χ3v) is 20.5. The Labute approximate surface area is 607 Å². The highest BCUT2D eigenvalue weighted by atomic mass is 31.2. The highest BCUT2D eigenvalue weighted by molar-refractivity contribution is 7.47. The third-order valence-electron chi connectivity index (χ3n) is 18.6. The lowest BCUT2D eigenvalue weighted by atomic mass is 10.0. The Morgan fingerprint density at radius 2 is 0.424 bits per heavy atom. The monoisotopic (exact) mass is 1450 g/mol. The number of hydrogen-bond donors (Lipinski definition) is 3. The number of aliphatic hydroxyl groups excluding tert-OH is 1. The van der Waals surface area contributed by atoms with Gasteiger partial charge in [-0.05, 0) is 49.4 Å². The van der Waals surface area contributed by atoms with Crippen LogP contribution in [0.25, 0.3) is 0 Å². The van der Waals surface area contributed by atoms with Crippen LogP contribution in [-0.4, -0.2) is 96.7 Å². The molecule has 0 aromatic carbocycles. The zero-order valence-electron chi connectivity index (χ0n) is 65.1. The van der Waals surface area contributed by atoms with E-state index in [1.807, 2.05) is 0 Å². The van der Waals surface area contributed by atoms with Gasteiger partial charge in [0.2, 0.25) is 0 Å². The summed E-state index contributed by atoms with van der Waals surface area (Å²) in [5.74, 6) is 0.976. The lowest BCUT2D eigenvalue weighted by Gasteiger charge is -2.21. The first-order valence-corrected chi connectivity index (χ1v) is 44.2. The van der Waals surface area contributed by atoms with Crippen LogP contribution in [0, 0.1) is 23.7 Å². The molecule has 0 heterocycles. The van der Waals surface area contributed by atoms with E-state index < -0.39 is 97.5 Å². The fraction of sp³-hybridized carbons (Fsp3) is 0.950. The molecule has 19 heteroatoms. The standard InChI is InChI=1S/C80H156O17P2/c1-70(2)56-48-40-32-24-18-12-9-15-21-27-36-44-52-60-77(82)90-66-75(96-79(84)62-54-46-38-28-22-16-10-13-19-25-33-41-49-57-71(3)4)68-94-98(86,87)92-64-74(81)65-93-99(88,89)95-69-76(67-91-78(83)61-53-45-37-31-30-35-43-51-59-73(7)8)97-80(85)63-55-47-39-29-23-17-11-14-20-26-34-42-50-58-72(5)6/h70-76,81H,9-69H2,1-8H3,(H,86,87)(H,88,89)/t74-,75-,76-/m1/s1. The highest BCUT2D eigenvalue weighted by Gasteiger charge is 2.30. The number of unbranched alkanes of at least 4 members (excludes halogenated alkanes) is 43. The van der Waals surface area contributed by atoms with Crippen molar-refractivity contribution in [2.45, 2.75) is 427 Å². The number of aliphatic hydroxyl groups is 1. The Hall–Kier alpha value is -1.94. The molecule has 0 aromatic heterocycles. The van der Waals surface area contributed by atoms with Gasteiger partial charge in [-0.1, -0.05) is 357 Å². The summed E-state index contributed by atoms with van der Waals surface area (Å²) >= 11 is 0. The van der Waals surface area contributed by atoms with Gasteiger partial charge in [0.1, 0.15) is 19.3 Å². The van der Waals surface area contributed by atoms with Crippen molar-refractivity contribution in [1.29, 1.82) is 0 Å². The van der Waals surface area contributed by atoms with E-state index in [0.29, 0.717) is 25.7 Å². The maximum Gasteiger partial charge on any atom is 0.472 e. The predicted octanol–water partition coefficient (Wildman–Crippen LogP) is 23.6. The smallest absolute Gasteiger partial charge is 0.462 e. The molecule has 5 atom stereocenters. The largest absolute Gasteiger partial charge is 0.472 e. The van der Waals surface area contributed by atoms with Crippen LogP contribution in [0.2, 0.25) is 0 Å². The van der Waals surface area contributed by atoms with Crippen molar-refractivity contribution in [1.82, 2.24) is 0 Å². The highest BCUT2D eigenvalue weighted by Crippen LogP contribution is 2.45. The Morgan fingerprint density at radius 1 is 0.253 bits per heavy atom. The zero-order chi connectivity index (χ0) is 73.1. The van der Waals surface area contributed by atoms with Crippen LogP contribution < -0.4 is 0 Å². The first kappa shape index (κ1) is 97.1. The Morgan fingerprint density at radius 3 is 0.626 bits per heavy atom. The maximum absolute atomic E-state index is 13.1. The maximum atomic E-state index is 13.1. The van der Waals surface area contributed by atoms with Gasteiger partial charge in [0.05, 0.1) is 26.4 Å². The van der Waals surface area contributed by atoms with Gasteiger partial charge >= 0.3 is 39.5 Å². The molecule has 588 valence electrons. The number of esters is 4. The molecule has 0 fully saturated rings. The van der Waals surface area contributed by atoms with Crippen LogP contribution in [0.1, 0.15) is 409 Å². The van der Waals surface area contributed by atoms with E-state index >= 15 is 0 Å². The van der Waals surface area contributed by atoms with E-state index in [1.165, 1.54) is 212 Å². The molecule has 0 saturated carbocycles. The molecule has 0 amide bonds. The number of carbonyl (C=O) groups is 4. The van der Waals surface area contributed by atoms with E-state index in [1.54, 1.807) is 0 Å². The summed E-state index contributed by atoms with van der Waals surface area (Å²) < 4.78 is 68.7. The first-order chi connectivity index (χ1) is 47.6. The second-order valence-electron chi connectivity index (χ2n) is 30.7. The minimum Gasteiger partial charge on any atom is -0.462 e. The second kappa shape index (κ2) is 69.1. The van der Waals surface area contributed by atoms with Gasteiger partial charge in [0.25, 0.3) is 0 Å². The summed E-state index contributed by atoms with van der Waals surface area (Å²) in [6.45, 7) is 14.3. The van der Waals surface area contributed by atoms with Gasteiger partial charge in [-0.3, -0.25) is 37.3 Å². The SMILES string of the molecule is CC(C)CCCCCCCCCCCCCCCC(=O)OC[C@H](COP(=O)(O)OC[C@@H](O)COP(=O)(O)OC[C@@H](COC(=O)CCCCCCCCCCC(C)C)OC(=O)CCCCCCCCCCCCCCCC(C)C)OC(=O)CCCCCCCCCCCCCCCC(C)C. The van der Waals surface area contributed by atoms with Crippen LogP contribution in [0.4, 0.5) is 0 Å². The van der Waals surface area contributed by atoms with Crippen LogP contribution in [0.15, 0.2) is 0 Å². The minimum atomic E-state index is -4.96. The quantitative estimate of drug-likeness (QED) is 0.0222. The summed E-state index contributed by atoms with van der Waals surface area (Å²) in [5, 5.41) is 10.6. The summed E-state index contributed by atoms with van der Waals surface area (Å²) in [5.41, 5.74) is 0. The average molecular weight is 1450 g/mol. The van der Waals surface area contributed by atoms with Gasteiger partial charge in [0, 0.05) is 25.7 Å². The molecule has 0 radical (unpaired) electrons. The molecule has 0 spiro atoms. The summed E-state index contributed by atoms with van der Waals surface area (Å²) in [7, 11) is -9.92. The van der Waals surface area contributed by atoms with Gasteiger partial charge in [0.15, 0.2) is 12.2 Å². The lowest BCUT2D eigenvalue weighted by Crippen LogP contribution is -2.30. The van der Waals surface area contributed by atoms with Gasteiger partial charge in [-0.2, -0.15) is 0 Å². The van der Waals surface area contributed by atoms with Crippen molar-refractivity contribution >= 4 is 39.5 Å². The van der Waals surface area contributed by atoms with Gasteiger partial charge in [-0.15, -0.1) is 0 Å². The molecule has 99 heavy (non-hydrogen) atoms. The van der Waals surface area contributed by atoms with Crippen LogP contribution in [0.3, 0.4) is 0 Å². The number of carbonyl (C=O) groups excluding carboxylic acids is 4. The van der Waals surface area contributed by atoms with E-state index in [9.17, 15) is 43.2 Å². The van der Waals surface area contributed by atoms with Crippen molar-refractivity contribution in [2.24, 2.45) is 23.7 Å². The van der Waals surface area contributed by atoms with E-state index in [2.05, 4.69) is 55.4 Å². The predicted molar refractivity (Wildman–Crippen MR) is 404 cm³/mol. The molecule has 0 saturated heterocycles. The average Bonchev–Trinajstić information content (AvgIpc) is 0.942. The molecule has 0 aliphatic heterocycles. The van der Waals surface area contributed by atoms with Crippen molar-refractivity contribution in [3.63, 3.8) is 0 Å². The number of ether oxygens (including phenoxy) is 4. The molecule has 0 aliphatic carbocycles. The Kier molecular flexibility index (Phi) is 67.8.